The van der Waals surface area contributed by atoms with E-state index in [2.05, 4.69) is 0 Å². The van der Waals surface area contributed by atoms with E-state index in [0.717, 1.165) is 0 Å². The third-order valence-corrected chi connectivity index (χ3v) is 3.52. The van der Waals surface area contributed by atoms with E-state index in [-0.39, 0.29) is 12.4 Å². The van der Waals surface area contributed by atoms with Gasteiger partial charge in [-0.2, -0.15) is 0 Å². The highest BCUT2D eigenvalue weighted by Crippen LogP contribution is 2.28. The lowest BCUT2D eigenvalue weighted by molar-refractivity contribution is -0.278. The predicted molar refractivity (Wildman–Crippen MR) is 76.8 cm³/mol. The van der Waals surface area contributed by atoms with Gasteiger partial charge in [0.15, 0.2) is 0 Å². The molecule has 2 rings (SSSR count). The minimum absolute atomic E-state index is 0.0585. The second-order valence-corrected chi connectivity index (χ2v) is 5.38. The average Bonchev–Trinajstić information content (AvgIpc) is 2.49. The van der Waals surface area contributed by atoms with Gasteiger partial charge in [0, 0.05) is 6.92 Å². The van der Waals surface area contributed by atoms with Crippen molar-refractivity contribution in [1.29, 1.82) is 0 Å². The van der Waals surface area contributed by atoms with Gasteiger partial charge in [0.2, 0.25) is 6.29 Å². The summed E-state index contributed by atoms with van der Waals surface area (Å²) in [6.07, 6.45) is -6.75. The molecule has 1 heterocycles. The van der Waals surface area contributed by atoms with Crippen molar-refractivity contribution in [2.24, 2.45) is 0 Å². The van der Waals surface area contributed by atoms with Gasteiger partial charge in [-0.25, -0.2) is 0 Å². The smallest absolute Gasteiger partial charge is 0.302 e. The van der Waals surface area contributed by atoms with Crippen molar-refractivity contribution in [3.05, 3.63) is 23.8 Å². The molecule has 4 N–H and O–H groups in total. The van der Waals surface area contributed by atoms with E-state index in [9.17, 15) is 25.2 Å². The standard InChI is InChI=1S/C15H20O8/c1-7-5-9(17)3-4-10(7)22-15-14(20)13(19)12(18)11(23-15)6-21-8(2)16/h3-5,11-15,17-20H,6H2,1-2H3. The molecule has 8 nitrogen and oxygen atoms in total. The van der Waals surface area contributed by atoms with Crippen LogP contribution in [0.15, 0.2) is 18.2 Å². The van der Waals surface area contributed by atoms with Crippen LogP contribution in [0.4, 0.5) is 0 Å². The van der Waals surface area contributed by atoms with E-state index in [4.69, 9.17) is 14.2 Å². The van der Waals surface area contributed by atoms with Gasteiger partial charge in [-0.3, -0.25) is 4.79 Å². The maximum Gasteiger partial charge on any atom is 0.302 e. The van der Waals surface area contributed by atoms with Crippen LogP contribution in [0.5, 0.6) is 11.5 Å². The monoisotopic (exact) mass is 328 g/mol. The molecule has 5 atom stereocenters. The second kappa shape index (κ2) is 7.14. The molecule has 0 aliphatic carbocycles. The number of phenols is 1. The molecule has 5 unspecified atom stereocenters. The molecular formula is C15H20O8. The molecule has 1 aromatic rings. The van der Waals surface area contributed by atoms with Crippen molar-refractivity contribution in [3.63, 3.8) is 0 Å². The fraction of sp³-hybridized carbons (Fsp3) is 0.533. The number of hydrogen-bond donors (Lipinski definition) is 4. The highest BCUT2D eigenvalue weighted by molar-refractivity contribution is 5.65. The number of aliphatic hydroxyl groups is 3. The number of aliphatic hydroxyl groups excluding tert-OH is 3. The summed E-state index contributed by atoms with van der Waals surface area (Å²) in [5, 5.41) is 39.2. The van der Waals surface area contributed by atoms with Crippen LogP contribution in [0.1, 0.15) is 12.5 Å². The lowest BCUT2D eigenvalue weighted by atomic mass is 9.99. The van der Waals surface area contributed by atoms with Crippen LogP contribution >= 0.6 is 0 Å². The number of phenolic OH excluding ortho intramolecular Hbond substituents is 1. The van der Waals surface area contributed by atoms with E-state index in [1.54, 1.807) is 6.92 Å². The fourth-order valence-corrected chi connectivity index (χ4v) is 2.24. The van der Waals surface area contributed by atoms with E-state index >= 15 is 0 Å². The van der Waals surface area contributed by atoms with Crippen LogP contribution in [0, 0.1) is 6.92 Å². The minimum Gasteiger partial charge on any atom is -0.508 e. The molecule has 0 amide bonds. The van der Waals surface area contributed by atoms with Crippen molar-refractivity contribution in [1.82, 2.24) is 0 Å². The molecule has 0 saturated carbocycles. The largest absolute Gasteiger partial charge is 0.508 e. The first-order chi connectivity index (χ1) is 10.8. The summed E-state index contributed by atoms with van der Waals surface area (Å²) in [5.74, 6) is -0.168. The number of carbonyl (C=O) groups excluding carboxylic acids is 1. The lowest BCUT2D eigenvalue weighted by Crippen LogP contribution is -2.60. The van der Waals surface area contributed by atoms with E-state index in [0.29, 0.717) is 11.3 Å². The molecule has 0 spiro atoms. The molecule has 1 fully saturated rings. The number of aromatic hydroxyl groups is 1. The fourth-order valence-electron chi connectivity index (χ4n) is 2.24. The number of ether oxygens (including phenoxy) is 3. The van der Waals surface area contributed by atoms with Crippen molar-refractivity contribution in [2.75, 3.05) is 6.61 Å². The number of carbonyl (C=O) groups is 1. The molecule has 128 valence electrons. The molecule has 1 aliphatic rings. The molecule has 23 heavy (non-hydrogen) atoms. The van der Waals surface area contributed by atoms with E-state index in [1.807, 2.05) is 0 Å². The molecule has 1 saturated heterocycles. The van der Waals surface area contributed by atoms with Gasteiger partial charge < -0.3 is 34.6 Å². The van der Waals surface area contributed by atoms with Gasteiger partial charge in [-0.15, -0.1) is 0 Å². The molecule has 0 aromatic heterocycles. The van der Waals surface area contributed by atoms with E-state index in [1.165, 1.54) is 25.1 Å². The van der Waals surface area contributed by atoms with Gasteiger partial charge >= 0.3 is 5.97 Å². The van der Waals surface area contributed by atoms with Crippen LogP contribution in [0.3, 0.4) is 0 Å². The number of rotatable bonds is 4. The van der Waals surface area contributed by atoms with Crippen LogP contribution in [-0.4, -0.2) is 63.7 Å². The Morgan fingerprint density at radius 3 is 2.52 bits per heavy atom. The molecule has 1 aromatic carbocycles. The first kappa shape index (κ1) is 17.5. The number of esters is 1. The third-order valence-electron chi connectivity index (χ3n) is 3.52. The van der Waals surface area contributed by atoms with Gasteiger partial charge in [0.05, 0.1) is 0 Å². The quantitative estimate of drug-likeness (QED) is 0.543. The molecule has 0 radical (unpaired) electrons. The summed E-state index contributed by atoms with van der Waals surface area (Å²) in [6.45, 7) is 2.61. The Labute approximate surface area is 132 Å². The van der Waals surface area contributed by atoms with Crippen molar-refractivity contribution in [3.8, 4) is 11.5 Å². The van der Waals surface area contributed by atoms with Crippen LogP contribution in [0.25, 0.3) is 0 Å². The summed E-state index contributed by atoms with van der Waals surface area (Å²) in [6, 6.07) is 4.35. The van der Waals surface area contributed by atoms with Crippen LogP contribution in [-0.2, 0) is 14.3 Å². The summed E-state index contributed by atoms with van der Waals surface area (Å²) in [4.78, 5) is 10.9. The Hall–Kier alpha value is -1.87. The summed E-state index contributed by atoms with van der Waals surface area (Å²) >= 11 is 0. The zero-order chi connectivity index (χ0) is 17.1. The SMILES string of the molecule is CC(=O)OCC1OC(Oc2ccc(O)cc2C)C(O)C(O)C1O. The predicted octanol–water partition coefficient (Wildman–Crippen LogP) is -0.550. The number of benzene rings is 1. The minimum atomic E-state index is -1.52. The maximum absolute atomic E-state index is 10.9. The van der Waals surface area contributed by atoms with E-state index < -0.39 is 36.7 Å². The normalized spacial score (nSPS) is 30.7. The Kier molecular flexibility index (Phi) is 5.42. The van der Waals surface area contributed by atoms with Gasteiger partial charge in [-0.05, 0) is 30.7 Å². The second-order valence-electron chi connectivity index (χ2n) is 5.38. The Bertz CT molecular complexity index is 560. The lowest BCUT2D eigenvalue weighted by Gasteiger charge is -2.40. The number of hydrogen-bond acceptors (Lipinski definition) is 8. The molecule has 0 bridgehead atoms. The topological polar surface area (TPSA) is 126 Å². The van der Waals surface area contributed by atoms with Crippen molar-refractivity contribution in [2.45, 2.75) is 44.6 Å². The zero-order valence-corrected chi connectivity index (χ0v) is 12.7. The summed E-state index contributed by atoms with van der Waals surface area (Å²) in [5.41, 5.74) is 0.595. The first-order valence-electron chi connectivity index (χ1n) is 7.09. The Morgan fingerprint density at radius 1 is 1.22 bits per heavy atom. The van der Waals surface area contributed by atoms with Gasteiger partial charge in [-0.1, -0.05) is 0 Å². The van der Waals surface area contributed by atoms with Crippen molar-refractivity contribution >= 4 is 5.97 Å². The summed E-state index contributed by atoms with van der Waals surface area (Å²) in [7, 11) is 0. The highest BCUT2D eigenvalue weighted by Gasteiger charge is 2.45. The van der Waals surface area contributed by atoms with Crippen molar-refractivity contribution < 1.29 is 39.4 Å². The third kappa shape index (κ3) is 4.11. The number of aryl methyl sites for hydroxylation is 1. The van der Waals surface area contributed by atoms with Crippen LogP contribution in [0.2, 0.25) is 0 Å². The summed E-state index contributed by atoms with van der Waals surface area (Å²) < 4.78 is 15.7. The zero-order valence-electron chi connectivity index (χ0n) is 12.7. The molecule has 8 heteroatoms. The van der Waals surface area contributed by atoms with Gasteiger partial charge in [0.25, 0.3) is 0 Å². The maximum atomic E-state index is 10.9. The van der Waals surface area contributed by atoms with Crippen LogP contribution < -0.4 is 4.74 Å². The Balaban J connectivity index is 2.11. The highest BCUT2D eigenvalue weighted by atomic mass is 16.7. The Morgan fingerprint density at radius 2 is 1.91 bits per heavy atom. The molecule has 1 aliphatic heterocycles. The average molecular weight is 328 g/mol. The van der Waals surface area contributed by atoms with Gasteiger partial charge in [0.1, 0.15) is 42.5 Å². The molecular weight excluding hydrogens is 308 g/mol. The first-order valence-corrected chi connectivity index (χ1v) is 7.09.